The van der Waals surface area contributed by atoms with Crippen molar-refractivity contribution in [3.63, 3.8) is 0 Å². The predicted octanol–water partition coefficient (Wildman–Crippen LogP) is 5.19. The van der Waals surface area contributed by atoms with E-state index in [1.807, 2.05) is 6.20 Å². The lowest BCUT2D eigenvalue weighted by Gasteiger charge is -2.37. The first-order valence-corrected chi connectivity index (χ1v) is 11.9. The molecule has 0 N–H and O–H groups in total. The Morgan fingerprint density at radius 3 is 2.69 bits per heavy atom. The maximum absolute atomic E-state index is 14.5. The Morgan fingerprint density at radius 2 is 1.92 bits per heavy atom. The van der Waals surface area contributed by atoms with Crippen LogP contribution in [0.25, 0.3) is 22.5 Å². The number of nitriles is 1. The summed E-state index contributed by atoms with van der Waals surface area (Å²) in [6, 6.07) is 7.73. The molecule has 2 aliphatic carbocycles. The van der Waals surface area contributed by atoms with Gasteiger partial charge in [0.1, 0.15) is 11.6 Å². The van der Waals surface area contributed by atoms with Gasteiger partial charge in [-0.15, -0.1) is 5.10 Å². The zero-order valence-corrected chi connectivity index (χ0v) is 19.9. The van der Waals surface area contributed by atoms with Crippen LogP contribution in [0.2, 0.25) is 0 Å². The van der Waals surface area contributed by atoms with Gasteiger partial charge in [-0.3, -0.25) is 9.67 Å². The Morgan fingerprint density at radius 1 is 1.11 bits per heavy atom. The Bertz CT molecular complexity index is 1520. The first kappa shape index (κ1) is 22.4. The second kappa shape index (κ2) is 7.98. The van der Waals surface area contributed by atoms with Gasteiger partial charge in [-0.25, -0.2) is 13.8 Å². The third-order valence-corrected chi connectivity index (χ3v) is 8.05. The second-order valence-electron chi connectivity index (χ2n) is 10.0. The van der Waals surface area contributed by atoms with E-state index < -0.39 is 17.0 Å². The number of fused-ring (bicyclic) bond motifs is 5. The highest BCUT2D eigenvalue weighted by atomic mass is 19.1. The molecule has 0 spiro atoms. The summed E-state index contributed by atoms with van der Waals surface area (Å²) in [5, 5.41) is 22.1. The maximum atomic E-state index is 14.5. The molecule has 1 saturated carbocycles. The Balaban J connectivity index is 1.45. The molecule has 0 unspecified atom stereocenters. The van der Waals surface area contributed by atoms with E-state index in [4.69, 9.17) is 10.2 Å². The fourth-order valence-electron chi connectivity index (χ4n) is 6.25. The van der Waals surface area contributed by atoms with E-state index in [1.165, 1.54) is 18.2 Å². The Hall–Kier alpha value is -4.06. The number of hydrogen-bond acceptors (Lipinski definition) is 6. The molecule has 0 aliphatic heterocycles. The molecule has 2 aliphatic rings. The zero-order chi connectivity index (χ0) is 25.1. The molecule has 4 aromatic rings. The molecule has 0 radical (unpaired) electrons. The lowest BCUT2D eigenvalue weighted by atomic mass is 9.66. The molecule has 0 amide bonds. The van der Waals surface area contributed by atoms with Gasteiger partial charge in [0.05, 0.1) is 65.2 Å². The molecule has 2 atom stereocenters. The summed E-state index contributed by atoms with van der Waals surface area (Å²) in [6.07, 6.45) is 9.19. The van der Waals surface area contributed by atoms with Gasteiger partial charge in [0.25, 0.3) is 0 Å². The molecular weight excluding hydrogens is 460 g/mol. The first-order chi connectivity index (χ1) is 17.4. The number of benzene rings is 1. The molecule has 1 fully saturated rings. The van der Waals surface area contributed by atoms with Crippen molar-refractivity contribution in [2.24, 2.45) is 5.41 Å². The third-order valence-electron chi connectivity index (χ3n) is 8.05. The summed E-state index contributed by atoms with van der Waals surface area (Å²) in [6.45, 7) is 4.91. The zero-order valence-electron chi connectivity index (χ0n) is 19.9. The van der Waals surface area contributed by atoms with Crippen molar-refractivity contribution in [2.45, 2.75) is 51.0 Å². The highest BCUT2D eigenvalue weighted by molar-refractivity contribution is 5.64. The van der Waals surface area contributed by atoms with Crippen LogP contribution >= 0.6 is 0 Å². The number of aryl methyl sites for hydroxylation is 1. The molecule has 180 valence electrons. The Kier molecular flexibility index (Phi) is 4.97. The minimum atomic E-state index is -0.657. The number of aromatic nitrogens is 6. The van der Waals surface area contributed by atoms with Gasteiger partial charge in [-0.1, -0.05) is 19.9 Å². The van der Waals surface area contributed by atoms with Crippen molar-refractivity contribution in [3.05, 3.63) is 77.6 Å². The number of rotatable bonds is 5. The van der Waals surface area contributed by atoms with Gasteiger partial charge in [0.15, 0.2) is 0 Å². The smallest absolute Gasteiger partial charge is 0.135 e. The van der Waals surface area contributed by atoms with Crippen LogP contribution in [0.5, 0.6) is 0 Å². The van der Waals surface area contributed by atoms with Crippen molar-refractivity contribution >= 4 is 0 Å². The van der Waals surface area contributed by atoms with Gasteiger partial charge in [0, 0.05) is 18.0 Å². The first-order valence-electron chi connectivity index (χ1n) is 11.9. The fraction of sp³-hybridized carbons (Fsp3) is 0.333. The predicted molar refractivity (Wildman–Crippen MR) is 127 cm³/mol. The van der Waals surface area contributed by atoms with Crippen LogP contribution < -0.4 is 0 Å². The van der Waals surface area contributed by atoms with Gasteiger partial charge in [-0.05, 0) is 47.9 Å². The average Bonchev–Trinajstić information content (AvgIpc) is 3.50. The van der Waals surface area contributed by atoms with Crippen molar-refractivity contribution in [1.29, 1.82) is 5.26 Å². The summed E-state index contributed by atoms with van der Waals surface area (Å²) >= 11 is 0. The topological polar surface area (TPSA) is 93.2 Å². The standard InChI is InChI=1S/C27H23F2N7/c1-26(2)18-7-8-27(26,23-14-31-13-22(33-23)16-12-32-36(15-16)10-4-9-30)25-17(18)11-21(34-35-25)24-19(28)5-3-6-20(24)29/h3,5-6,11-15,18H,4,7-8,10H2,1-2H3/t18-,27-/m0/s1. The highest BCUT2D eigenvalue weighted by Gasteiger charge is 2.65. The van der Waals surface area contributed by atoms with E-state index in [9.17, 15) is 8.78 Å². The van der Waals surface area contributed by atoms with Crippen LogP contribution in [-0.4, -0.2) is 29.9 Å². The maximum Gasteiger partial charge on any atom is 0.135 e. The molecule has 2 bridgehead atoms. The van der Waals surface area contributed by atoms with Gasteiger partial charge in [0.2, 0.25) is 0 Å². The van der Waals surface area contributed by atoms with E-state index in [2.05, 4.69) is 40.2 Å². The lowest BCUT2D eigenvalue weighted by Crippen LogP contribution is -2.38. The number of hydrogen-bond donors (Lipinski definition) is 0. The van der Waals surface area contributed by atoms with Crippen molar-refractivity contribution in [2.75, 3.05) is 0 Å². The molecule has 3 aromatic heterocycles. The van der Waals surface area contributed by atoms with Crippen LogP contribution in [0, 0.1) is 28.4 Å². The molecule has 36 heavy (non-hydrogen) atoms. The van der Waals surface area contributed by atoms with Gasteiger partial charge < -0.3 is 0 Å². The van der Waals surface area contributed by atoms with Crippen LogP contribution in [0.4, 0.5) is 8.78 Å². The SMILES string of the molecule is CC1(C)[C@H]2CC[C@]1(c1cncc(-c3cnn(CCC#N)c3)n1)c1nnc(-c3c(F)cccc3F)cc12. The quantitative estimate of drug-likeness (QED) is 0.388. The van der Waals surface area contributed by atoms with Gasteiger partial charge >= 0.3 is 0 Å². The lowest BCUT2D eigenvalue weighted by molar-refractivity contribution is 0.242. The van der Waals surface area contributed by atoms with Crippen molar-refractivity contribution in [1.82, 2.24) is 29.9 Å². The summed E-state index contributed by atoms with van der Waals surface area (Å²) in [5.74, 6) is -1.17. The molecule has 1 aromatic carbocycles. The van der Waals surface area contributed by atoms with Gasteiger partial charge in [-0.2, -0.15) is 15.5 Å². The van der Waals surface area contributed by atoms with E-state index in [-0.39, 0.29) is 22.6 Å². The molecule has 3 heterocycles. The largest absolute Gasteiger partial charge is 0.271 e. The fourth-order valence-corrected chi connectivity index (χ4v) is 6.25. The summed E-state index contributed by atoms with van der Waals surface area (Å²) < 4.78 is 30.7. The molecule has 9 heteroatoms. The Labute approximate surface area is 206 Å². The molecule has 0 saturated heterocycles. The number of halogens is 2. The van der Waals surface area contributed by atoms with Crippen LogP contribution in [-0.2, 0) is 12.0 Å². The van der Waals surface area contributed by atoms with E-state index in [1.54, 1.807) is 29.3 Å². The van der Waals surface area contributed by atoms with E-state index >= 15 is 0 Å². The van der Waals surface area contributed by atoms with E-state index in [0.29, 0.717) is 18.7 Å². The van der Waals surface area contributed by atoms with Crippen LogP contribution in [0.1, 0.15) is 56.0 Å². The van der Waals surface area contributed by atoms with E-state index in [0.717, 1.165) is 35.4 Å². The average molecular weight is 484 g/mol. The summed E-state index contributed by atoms with van der Waals surface area (Å²) in [5.41, 5.74) is 3.36. The van der Waals surface area contributed by atoms with Crippen molar-refractivity contribution < 1.29 is 8.78 Å². The normalized spacial score (nSPS) is 21.4. The minimum absolute atomic E-state index is 0.149. The van der Waals surface area contributed by atoms with Crippen LogP contribution in [0.3, 0.4) is 0 Å². The second-order valence-corrected chi connectivity index (χ2v) is 10.0. The molecule has 7 nitrogen and oxygen atoms in total. The van der Waals surface area contributed by atoms with Crippen LogP contribution in [0.15, 0.2) is 49.1 Å². The summed E-state index contributed by atoms with van der Waals surface area (Å²) in [4.78, 5) is 9.54. The molecular formula is C27H23F2N7. The third kappa shape index (κ3) is 3.03. The number of nitrogens with zero attached hydrogens (tertiary/aromatic N) is 7. The molecule has 6 rings (SSSR count). The van der Waals surface area contributed by atoms with Crippen molar-refractivity contribution in [3.8, 4) is 28.6 Å². The monoisotopic (exact) mass is 483 g/mol. The summed E-state index contributed by atoms with van der Waals surface area (Å²) in [7, 11) is 0. The minimum Gasteiger partial charge on any atom is -0.271 e. The highest BCUT2D eigenvalue weighted by Crippen LogP contribution is 2.69.